The van der Waals surface area contributed by atoms with Gasteiger partial charge in [-0.1, -0.05) is 17.7 Å². The third kappa shape index (κ3) is 3.83. The number of nitrogens with zero attached hydrogens (tertiary/aromatic N) is 4. The van der Waals surface area contributed by atoms with Crippen molar-refractivity contribution >= 4 is 23.4 Å². The zero-order valence-corrected chi connectivity index (χ0v) is 17.6. The summed E-state index contributed by atoms with van der Waals surface area (Å²) in [6, 6.07) is 7.44. The van der Waals surface area contributed by atoms with Crippen molar-refractivity contribution in [2.45, 2.75) is 56.7 Å². The molecule has 0 bridgehead atoms. The zero-order chi connectivity index (χ0) is 20.8. The van der Waals surface area contributed by atoms with Crippen molar-refractivity contribution in [3.8, 4) is 0 Å². The third-order valence-electron chi connectivity index (χ3n) is 6.39. The van der Waals surface area contributed by atoms with Crippen molar-refractivity contribution in [3.05, 3.63) is 52.4 Å². The van der Waals surface area contributed by atoms with Gasteiger partial charge in [0.15, 0.2) is 5.82 Å². The Hall–Kier alpha value is -2.41. The summed E-state index contributed by atoms with van der Waals surface area (Å²) in [5.74, 6) is 0.583. The summed E-state index contributed by atoms with van der Waals surface area (Å²) in [5, 5.41) is 11.8. The van der Waals surface area contributed by atoms with E-state index in [4.69, 9.17) is 11.6 Å². The molecule has 2 aliphatic carbocycles. The first-order valence-corrected chi connectivity index (χ1v) is 11.0. The van der Waals surface area contributed by atoms with Crippen LogP contribution in [0.2, 0.25) is 5.02 Å². The molecule has 1 saturated heterocycles. The lowest BCUT2D eigenvalue weighted by Crippen LogP contribution is -2.49. The van der Waals surface area contributed by atoms with Gasteiger partial charge in [0.1, 0.15) is 5.82 Å². The highest BCUT2D eigenvalue weighted by atomic mass is 35.5. The van der Waals surface area contributed by atoms with Crippen LogP contribution in [0.1, 0.15) is 42.7 Å². The Morgan fingerprint density at radius 2 is 2.13 bits per heavy atom. The SMILES string of the molecule is Cc1cc([C@@H]2CC2NC(=O)N(C2CC2)[C@H]2CCN(c3cccnn3)C2)c(F)cc1Cl. The lowest BCUT2D eigenvalue weighted by molar-refractivity contribution is 0.174. The van der Waals surface area contributed by atoms with Crippen molar-refractivity contribution < 1.29 is 9.18 Å². The van der Waals surface area contributed by atoms with Gasteiger partial charge in [-0.15, -0.1) is 5.10 Å². The van der Waals surface area contributed by atoms with Crippen molar-refractivity contribution in [1.29, 1.82) is 0 Å². The number of rotatable bonds is 5. The van der Waals surface area contributed by atoms with Gasteiger partial charge in [0, 0.05) is 42.3 Å². The zero-order valence-electron chi connectivity index (χ0n) is 16.9. The number of aromatic nitrogens is 2. The molecular formula is C22H25ClFN5O. The lowest BCUT2D eigenvalue weighted by atomic mass is 10.1. The van der Waals surface area contributed by atoms with Crippen molar-refractivity contribution in [1.82, 2.24) is 20.4 Å². The number of carbonyl (C=O) groups excluding carboxylic acids is 1. The second-order valence-electron chi connectivity index (χ2n) is 8.63. The maximum Gasteiger partial charge on any atom is 0.318 e. The minimum atomic E-state index is -0.290. The van der Waals surface area contributed by atoms with Crippen LogP contribution in [0.15, 0.2) is 30.5 Å². The molecule has 0 spiro atoms. The van der Waals surface area contributed by atoms with Crippen LogP contribution in [-0.2, 0) is 0 Å². The summed E-state index contributed by atoms with van der Waals surface area (Å²) < 4.78 is 14.4. The summed E-state index contributed by atoms with van der Waals surface area (Å²) >= 11 is 6.02. The number of aryl methyl sites for hydroxylation is 1. The van der Waals surface area contributed by atoms with Crippen LogP contribution in [0.3, 0.4) is 0 Å². The topological polar surface area (TPSA) is 61.4 Å². The second-order valence-corrected chi connectivity index (χ2v) is 9.04. The van der Waals surface area contributed by atoms with Crippen molar-refractivity contribution in [2.75, 3.05) is 18.0 Å². The van der Waals surface area contributed by atoms with E-state index >= 15 is 0 Å². The minimum Gasteiger partial charge on any atom is -0.353 e. The number of carbonyl (C=O) groups is 1. The molecule has 2 aromatic rings. The van der Waals surface area contributed by atoms with Crippen LogP contribution in [-0.4, -0.2) is 52.3 Å². The normalized spacial score (nSPS) is 25.3. The summed E-state index contributed by atoms with van der Waals surface area (Å²) in [6.45, 7) is 3.50. The van der Waals surface area contributed by atoms with Gasteiger partial charge in [0.2, 0.25) is 0 Å². The standard InChI is InChI=1S/C22H25ClFN5O/c1-13-9-16(19(24)11-18(13)23)17-10-20(17)26-22(30)29(14-4-5-14)15-6-8-28(12-15)21-3-2-7-25-27-21/h2-3,7,9,11,14-15,17,20H,4-6,8,10,12H2,1H3,(H,26,30)/t15-,17-,20?/m0/s1. The lowest BCUT2D eigenvalue weighted by Gasteiger charge is -2.29. The molecular weight excluding hydrogens is 405 g/mol. The maximum absolute atomic E-state index is 14.4. The van der Waals surface area contributed by atoms with E-state index in [1.54, 1.807) is 6.20 Å². The number of anilines is 1. The Labute approximate surface area is 180 Å². The molecule has 1 aliphatic heterocycles. The molecule has 3 atom stereocenters. The molecule has 1 unspecified atom stereocenters. The summed E-state index contributed by atoms with van der Waals surface area (Å²) in [4.78, 5) is 17.4. The molecule has 2 heterocycles. The Kier molecular flexibility index (Phi) is 5.01. The van der Waals surface area contributed by atoms with E-state index in [2.05, 4.69) is 20.4 Å². The number of benzene rings is 1. The summed E-state index contributed by atoms with van der Waals surface area (Å²) in [5.41, 5.74) is 1.51. The van der Waals surface area contributed by atoms with E-state index in [0.717, 1.165) is 50.2 Å². The van der Waals surface area contributed by atoms with E-state index in [0.29, 0.717) is 16.6 Å². The van der Waals surface area contributed by atoms with E-state index in [1.807, 2.05) is 30.0 Å². The third-order valence-corrected chi connectivity index (χ3v) is 6.80. The van der Waals surface area contributed by atoms with E-state index < -0.39 is 0 Å². The maximum atomic E-state index is 14.4. The Morgan fingerprint density at radius 3 is 2.87 bits per heavy atom. The van der Waals surface area contributed by atoms with E-state index in [-0.39, 0.29) is 29.8 Å². The highest BCUT2D eigenvalue weighted by Crippen LogP contribution is 2.43. The molecule has 30 heavy (non-hydrogen) atoms. The van der Waals surface area contributed by atoms with Gasteiger partial charge in [-0.3, -0.25) is 0 Å². The fourth-order valence-corrected chi connectivity index (χ4v) is 4.67. The van der Waals surface area contributed by atoms with Gasteiger partial charge < -0.3 is 15.1 Å². The first-order valence-electron chi connectivity index (χ1n) is 10.6. The van der Waals surface area contributed by atoms with Gasteiger partial charge in [-0.2, -0.15) is 5.10 Å². The van der Waals surface area contributed by atoms with Gasteiger partial charge in [-0.05, 0) is 61.9 Å². The average Bonchev–Trinajstić information content (AvgIpc) is 3.65. The first kappa shape index (κ1) is 19.5. The van der Waals surface area contributed by atoms with Gasteiger partial charge in [0.25, 0.3) is 0 Å². The molecule has 1 aromatic heterocycles. The molecule has 2 amide bonds. The van der Waals surface area contributed by atoms with Crippen LogP contribution in [0.5, 0.6) is 0 Å². The Morgan fingerprint density at radius 1 is 1.30 bits per heavy atom. The molecule has 0 radical (unpaired) electrons. The highest BCUT2D eigenvalue weighted by molar-refractivity contribution is 6.31. The second kappa shape index (κ2) is 7.69. The number of hydrogen-bond acceptors (Lipinski definition) is 4. The van der Waals surface area contributed by atoms with Crippen molar-refractivity contribution in [3.63, 3.8) is 0 Å². The van der Waals surface area contributed by atoms with E-state index in [9.17, 15) is 9.18 Å². The number of halogens is 2. The molecule has 1 aromatic carbocycles. The predicted octanol–water partition coefficient (Wildman–Crippen LogP) is 3.89. The highest BCUT2D eigenvalue weighted by Gasteiger charge is 2.45. The van der Waals surface area contributed by atoms with Gasteiger partial charge >= 0.3 is 6.03 Å². The van der Waals surface area contributed by atoms with Crippen LogP contribution in [0.25, 0.3) is 0 Å². The van der Waals surface area contributed by atoms with Crippen LogP contribution in [0.4, 0.5) is 15.0 Å². The average molecular weight is 430 g/mol. The van der Waals surface area contributed by atoms with Crippen molar-refractivity contribution in [2.24, 2.45) is 0 Å². The number of urea groups is 1. The number of nitrogens with one attached hydrogen (secondary N) is 1. The predicted molar refractivity (Wildman–Crippen MR) is 113 cm³/mol. The number of amides is 2. The molecule has 1 N–H and O–H groups in total. The summed E-state index contributed by atoms with van der Waals surface area (Å²) in [6.07, 6.45) is 5.44. The minimum absolute atomic E-state index is 0.0191. The quantitative estimate of drug-likeness (QED) is 0.783. The van der Waals surface area contributed by atoms with Crippen LogP contribution >= 0.6 is 11.6 Å². The molecule has 5 rings (SSSR count). The molecule has 2 saturated carbocycles. The number of hydrogen-bond donors (Lipinski definition) is 1. The van der Waals surface area contributed by atoms with Gasteiger partial charge in [0.05, 0.1) is 6.04 Å². The molecule has 8 heteroatoms. The monoisotopic (exact) mass is 429 g/mol. The molecule has 3 fully saturated rings. The smallest absolute Gasteiger partial charge is 0.318 e. The fourth-order valence-electron chi connectivity index (χ4n) is 4.52. The molecule has 6 nitrogen and oxygen atoms in total. The van der Waals surface area contributed by atoms with Crippen LogP contribution < -0.4 is 10.2 Å². The van der Waals surface area contributed by atoms with Crippen LogP contribution in [0, 0.1) is 12.7 Å². The summed E-state index contributed by atoms with van der Waals surface area (Å²) in [7, 11) is 0. The van der Waals surface area contributed by atoms with E-state index in [1.165, 1.54) is 6.07 Å². The Bertz CT molecular complexity index is 954. The Balaban J connectivity index is 1.24. The largest absolute Gasteiger partial charge is 0.353 e. The molecule has 158 valence electrons. The first-order chi connectivity index (χ1) is 14.5. The molecule has 3 aliphatic rings. The fraction of sp³-hybridized carbons (Fsp3) is 0.500. The van der Waals surface area contributed by atoms with Gasteiger partial charge in [-0.25, -0.2) is 9.18 Å².